The van der Waals surface area contributed by atoms with Crippen LogP contribution in [0.4, 0.5) is 8.78 Å². The highest BCUT2D eigenvalue weighted by Gasteiger charge is 2.18. The molecule has 1 atom stereocenters. The van der Waals surface area contributed by atoms with Crippen molar-refractivity contribution in [1.82, 2.24) is 9.78 Å². The van der Waals surface area contributed by atoms with E-state index in [4.69, 9.17) is 5.73 Å². The molecule has 0 saturated carbocycles. The lowest BCUT2D eigenvalue weighted by molar-refractivity contribution is 0.144. The van der Waals surface area contributed by atoms with Gasteiger partial charge in [-0.05, 0) is 26.8 Å². The molecule has 1 rings (SSSR count). The number of halogens is 2. The molecule has 0 unspecified atom stereocenters. The Morgan fingerprint density at radius 2 is 1.93 bits per heavy atom. The van der Waals surface area contributed by atoms with Crippen molar-refractivity contribution in [3.63, 3.8) is 0 Å². The Labute approximate surface area is 81.9 Å². The molecule has 0 aliphatic carbocycles. The van der Waals surface area contributed by atoms with Gasteiger partial charge in [-0.25, -0.2) is 8.78 Å². The lowest BCUT2D eigenvalue weighted by Crippen LogP contribution is -2.14. The fraction of sp³-hybridized carbons (Fsp3) is 0.667. The molecule has 0 bridgehead atoms. The van der Waals surface area contributed by atoms with Gasteiger partial charge in [-0.1, -0.05) is 0 Å². The summed E-state index contributed by atoms with van der Waals surface area (Å²) in [6.45, 7) is 5.52. The molecular formula is C9H15F2N3. The third-order valence-electron chi connectivity index (χ3n) is 1.96. The molecule has 1 heterocycles. The number of hydrogen-bond acceptors (Lipinski definition) is 2. The monoisotopic (exact) mass is 203 g/mol. The van der Waals surface area contributed by atoms with Gasteiger partial charge in [-0.3, -0.25) is 4.68 Å². The Kier molecular flexibility index (Phi) is 3.21. The van der Waals surface area contributed by atoms with Gasteiger partial charge in [0.25, 0.3) is 6.43 Å². The first kappa shape index (κ1) is 11.1. The van der Waals surface area contributed by atoms with Crippen LogP contribution in [0, 0.1) is 0 Å². The molecule has 14 heavy (non-hydrogen) atoms. The predicted octanol–water partition coefficient (Wildman–Crippen LogP) is 2.42. The third kappa shape index (κ3) is 2.09. The second-order valence-corrected chi connectivity index (χ2v) is 3.62. The molecule has 1 aromatic heterocycles. The van der Waals surface area contributed by atoms with Crippen LogP contribution in [0.15, 0.2) is 6.07 Å². The molecule has 0 saturated heterocycles. The Hall–Kier alpha value is -0.970. The van der Waals surface area contributed by atoms with E-state index < -0.39 is 6.43 Å². The SMILES string of the molecule is CC(C)n1nc(C(F)F)cc1[C@H](C)N. The summed E-state index contributed by atoms with van der Waals surface area (Å²) in [4.78, 5) is 0. The summed E-state index contributed by atoms with van der Waals surface area (Å²) in [5, 5.41) is 3.82. The maximum atomic E-state index is 12.4. The van der Waals surface area contributed by atoms with Gasteiger partial charge < -0.3 is 5.73 Å². The summed E-state index contributed by atoms with van der Waals surface area (Å²) in [5.41, 5.74) is 6.11. The van der Waals surface area contributed by atoms with Crippen LogP contribution in [-0.2, 0) is 0 Å². The highest BCUT2D eigenvalue weighted by molar-refractivity contribution is 5.15. The van der Waals surface area contributed by atoms with Crippen molar-refractivity contribution in [3.8, 4) is 0 Å². The number of nitrogens with two attached hydrogens (primary N) is 1. The lowest BCUT2D eigenvalue weighted by Gasteiger charge is -2.12. The van der Waals surface area contributed by atoms with E-state index in [2.05, 4.69) is 5.10 Å². The van der Waals surface area contributed by atoms with E-state index in [1.54, 1.807) is 11.6 Å². The summed E-state index contributed by atoms with van der Waals surface area (Å²) in [5.74, 6) is 0. The highest BCUT2D eigenvalue weighted by atomic mass is 19.3. The summed E-state index contributed by atoms with van der Waals surface area (Å²) in [7, 11) is 0. The normalized spacial score (nSPS) is 14.0. The molecule has 5 heteroatoms. The second-order valence-electron chi connectivity index (χ2n) is 3.62. The summed E-state index contributed by atoms with van der Waals surface area (Å²) < 4.78 is 26.3. The molecule has 2 N–H and O–H groups in total. The largest absolute Gasteiger partial charge is 0.323 e. The van der Waals surface area contributed by atoms with Crippen LogP contribution in [-0.4, -0.2) is 9.78 Å². The predicted molar refractivity (Wildman–Crippen MR) is 50.2 cm³/mol. The zero-order valence-electron chi connectivity index (χ0n) is 8.54. The van der Waals surface area contributed by atoms with Crippen LogP contribution in [0.5, 0.6) is 0 Å². The summed E-state index contributed by atoms with van der Waals surface area (Å²) in [6, 6.07) is 1.14. The zero-order valence-corrected chi connectivity index (χ0v) is 8.54. The van der Waals surface area contributed by atoms with Crippen LogP contribution < -0.4 is 5.73 Å². The van der Waals surface area contributed by atoms with Gasteiger partial charge in [0.2, 0.25) is 0 Å². The quantitative estimate of drug-likeness (QED) is 0.819. The van der Waals surface area contributed by atoms with Crippen molar-refractivity contribution >= 4 is 0 Å². The summed E-state index contributed by atoms with van der Waals surface area (Å²) >= 11 is 0. The third-order valence-corrected chi connectivity index (χ3v) is 1.96. The van der Waals surface area contributed by atoms with Crippen LogP contribution in [0.1, 0.15) is 50.7 Å². The van der Waals surface area contributed by atoms with Crippen LogP contribution in [0.25, 0.3) is 0 Å². The Balaban J connectivity index is 3.12. The van der Waals surface area contributed by atoms with Crippen molar-refractivity contribution in [3.05, 3.63) is 17.5 Å². The molecule has 0 fully saturated rings. The molecule has 0 radical (unpaired) electrons. The van der Waals surface area contributed by atoms with Gasteiger partial charge in [0, 0.05) is 12.1 Å². The van der Waals surface area contributed by atoms with Crippen LogP contribution in [0.3, 0.4) is 0 Å². The molecule has 0 aliphatic rings. The van der Waals surface area contributed by atoms with Crippen molar-refractivity contribution in [2.24, 2.45) is 5.73 Å². The molecule has 3 nitrogen and oxygen atoms in total. The van der Waals surface area contributed by atoms with Gasteiger partial charge in [0.05, 0.1) is 5.69 Å². The van der Waals surface area contributed by atoms with E-state index in [0.29, 0.717) is 5.69 Å². The van der Waals surface area contributed by atoms with Crippen molar-refractivity contribution in [2.45, 2.75) is 39.3 Å². The fourth-order valence-electron chi connectivity index (χ4n) is 1.29. The minimum absolute atomic E-state index is 0.0449. The minimum Gasteiger partial charge on any atom is -0.323 e. The van der Waals surface area contributed by atoms with E-state index in [0.717, 1.165) is 0 Å². The fourth-order valence-corrected chi connectivity index (χ4v) is 1.29. The maximum absolute atomic E-state index is 12.4. The molecular weight excluding hydrogens is 188 g/mol. The lowest BCUT2D eigenvalue weighted by atomic mass is 10.2. The number of hydrogen-bond donors (Lipinski definition) is 1. The standard InChI is InChI=1S/C9H15F2N3/c1-5(2)14-8(6(3)12)4-7(13-14)9(10)11/h4-6,9H,12H2,1-3H3/t6-/m0/s1. The van der Waals surface area contributed by atoms with Gasteiger partial charge in [-0.2, -0.15) is 5.10 Å². The highest BCUT2D eigenvalue weighted by Crippen LogP contribution is 2.23. The molecule has 0 aliphatic heterocycles. The summed E-state index contributed by atoms with van der Waals surface area (Å²) in [6.07, 6.45) is -2.53. The first-order valence-electron chi connectivity index (χ1n) is 4.56. The van der Waals surface area contributed by atoms with Gasteiger partial charge in [0.15, 0.2) is 0 Å². The maximum Gasteiger partial charge on any atom is 0.282 e. The van der Waals surface area contributed by atoms with E-state index >= 15 is 0 Å². The Bertz CT molecular complexity index is 280. The average Bonchev–Trinajstić information content (AvgIpc) is 2.47. The van der Waals surface area contributed by atoms with Crippen molar-refractivity contribution in [1.29, 1.82) is 0 Å². The topological polar surface area (TPSA) is 43.8 Å². The first-order valence-corrected chi connectivity index (χ1v) is 4.56. The van der Waals surface area contributed by atoms with Crippen LogP contribution in [0.2, 0.25) is 0 Å². The minimum atomic E-state index is -2.53. The Morgan fingerprint density at radius 1 is 1.36 bits per heavy atom. The number of nitrogens with zero attached hydrogens (tertiary/aromatic N) is 2. The zero-order chi connectivity index (χ0) is 10.9. The van der Waals surface area contributed by atoms with Crippen LogP contribution >= 0.6 is 0 Å². The van der Waals surface area contributed by atoms with E-state index in [1.165, 1.54) is 6.07 Å². The van der Waals surface area contributed by atoms with E-state index in [9.17, 15) is 8.78 Å². The van der Waals surface area contributed by atoms with Crippen molar-refractivity contribution in [2.75, 3.05) is 0 Å². The van der Waals surface area contributed by atoms with Gasteiger partial charge >= 0.3 is 0 Å². The van der Waals surface area contributed by atoms with Gasteiger partial charge in [0.1, 0.15) is 5.69 Å². The van der Waals surface area contributed by atoms with E-state index in [-0.39, 0.29) is 17.8 Å². The number of rotatable bonds is 3. The molecule has 1 aromatic rings. The van der Waals surface area contributed by atoms with E-state index in [1.807, 2.05) is 13.8 Å². The second kappa shape index (κ2) is 4.04. The van der Waals surface area contributed by atoms with Gasteiger partial charge in [-0.15, -0.1) is 0 Å². The molecule has 0 amide bonds. The molecule has 80 valence electrons. The Morgan fingerprint density at radius 3 is 2.21 bits per heavy atom. The molecule has 0 aromatic carbocycles. The number of alkyl halides is 2. The molecule has 0 spiro atoms. The average molecular weight is 203 g/mol. The first-order chi connectivity index (χ1) is 6.43. The van der Waals surface area contributed by atoms with Crippen molar-refractivity contribution < 1.29 is 8.78 Å². The number of aromatic nitrogens is 2. The smallest absolute Gasteiger partial charge is 0.282 e.